The van der Waals surface area contributed by atoms with Gasteiger partial charge >= 0.3 is 0 Å². The fourth-order valence-electron chi connectivity index (χ4n) is 3.76. The molecule has 21 heavy (non-hydrogen) atoms. The summed E-state index contributed by atoms with van der Waals surface area (Å²) in [7, 11) is 0. The molecule has 1 aromatic carbocycles. The van der Waals surface area contributed by atoms with Crippen molar-refractivity contribution in [1.82, 2.24) is 13.9 Å². The molecule has 1 fully saturated rings. The van der Waals surface area contributed by atoms with E-state index in [4.69, 9.17) is 0 Å². The maximum atomic E-state index is 10.6. The highest BCUT2D eigenvalue weighted by Gasteiger charge is 2.40. The number of nitrogens with zero attached hydrogens (tertiary/aromatic N) is 3. The number of benzene rings is 1. The van der Waals surface area contributed by atoms with Crippen LogP contribution < -0.4 is 0 Å². The lowest BCUT2D eigenvalue weighted by atomic mass is 9.84. The van der Waals surface area contributed by atoms with Gasteiger partial charge in [0.25, 0.3) is 0 Å². The highest BCUT2D eigenvalue weighted by Crippen LogP contribution is 2.45. The molecule has 3 heterocycles. The van der Waals surface area contributed by atoms with Gasteiger partial charge in [0.05, 0.1) is 30.4 Å². The Labute approximate surface area is 128 Å². The minimum Gasteiger partial charge on any atom is -0.391 e. The average molecular weight is 301 g/mol. The Bertz CT molecular complexity index is 656. The van der Waals surface area contributed by atoms with Gasteiger partial charge in [-0.3, -0.25) is 0 Å². The molecule has 2 aliphatic heterocycles. The second-order valence-electron chi connectivity index (χ2n) is 5.81. The van der Waals surface area contributed by atoms with E-state index in [0.717, 1.165) is 19.5 Å². The molecule has 0 radical (unpaired) electrons. The van der Waals surface area contributed by atoms with E-state index < -0.39 is 0 Å². The van der Waals surface area contributed by atoms with E-state index in [9.17, 15) is 5.11 Å². The van der Waals surface area contributed by atoms with Crippen molar-refractivity contribution in [3.05, 3.63) is 42.4 Å². The summed E-state index contributed by atoms with van der Waals surface area (Å²) in [5.41, 5.74) is 3.77. The summed E-state index contributed by atoms with van der Waals surface area (Å²) < 4.78 is 4.49. The standard InChI is InChI=1S/C16H19N3OS/c1-21-18-7-6-13(15(20)9-18)16-12-5-3-2-4-11(12)14-8-17-10-19(14)16/h2-5,8,10,13,15-16,20H,6-7,9H2,1H3. The molecule has 2 aliphatic rings. The third-order valence-electron chi connectivity index (χ3n) is 4.78. The molecular formula is C16H19N3OS. The van der Waals surface area contributed by atoms with Crippen LogP contribution in [0.3, 0.4) is 0 Å². The molecule has 1 aromatic heterocycles. The van der Waals surface area contributed by atoms with Gasteiger partial charge in [-0.05, 0) is 18.2 Å². The normalized spacial score (nSPS) is 28.4. The van der Waals surface area contributed by atoms with Crippen LogP contribution in [0.1, 0.15) is 18.0 Å². The molecule has 3 atom stereocenters. The van der Waals surface area contributed by atoms with Crippen LogP contribution in [-0.2, 0) is 0 Å². The highest BCUT2D eigenvalue weighted by molar-refractivity contribution is 7.96. The lowest BCUT2D eigenvalue weighted by Crippen LogP contribution is -2.43. The molecule has 0 bridgehead atoms. The molecule has 2 aromatic rings. The predicted molar refractivity (Wildman–Crippen MR) is 85.0 cm³/mol. The van der Waals surface area contributed by atoms with Crippen molar-refractivity contribution in [3.63, 3.8) is 0 Å². The number of piperidine rings is 1. The topological polar surface area (TPSA) is 41.3 Å². The fraction of sp³-hybridized carbons (Fsp3) is 0.438. The average Bonchev–Trinajstić information content (AvgIpc) is 3.08. The zero-order chi connectivity index (χ0) is 14.4. The zero-order valence-electron chi connectivity index (χ0n) is 12.0. The van der Waals surface area contributed by atoms with Gasteiger partial charge in [0.1, 0.15) is 0 Å². The Morgan fingerprint density at radius 3 is 3.00 bits per heavy atom. The lowest BCUT2D eigenvalue weighted by Gasteiger charge is -2.38. The van der Waals surface area contributed by atoms with Gasteiger partial charge in [-0.25, -0.2) is 9.29 Å². The fourth-order valence-corrected chi connectivity index (χ4v) is 4.35. The molecular weight excluding hydrogens is 282 g/mol. The number of aliphatic hydroxyl groups excluding tert-OH is 1. The van der Waals surface area contributed by atoms with Crippen LogP contribution in [0.15, 0.2) is 36.8 Å². The Balaban J connectivity index is 1.73. The van der Waals surface area contributed by atoms with Crippen LogP contribution >= 0.6 is 11.9 Å². The van der Waals surface area contributed by atoms with Crippen molar-refractivity contribution < 1.29 is 5.11 Å². The molecule has 4 rings (SSSR count). The van der Waals surface area contributed by atoms with Crippen molar-refractivity contribution in [3.8, 4) is 11.3 Å². The summed E-state index contributed by atoms with van der Waals surface area (Å²) in [6.45, 7) is 1.78. The van der Waals surface area contributed by atoms with Crippen molar-refractivity contribution in [2.24, 2.45) is 5.92 Å². The number of hydrogen-bond donors (Lipinski definition) is 1. The first kappa shape index (κ1) is 13.4. The van der Waals surface area contributed by atoms with Crippen LogP contribution in [0.25, 0.3) is 11.3 Å². The number of fused-ring (bicyclic) bond motifs is 3. The van der Waals surface area contributed by atoms with E-state index in [-0.39, 0.29) is 18.1 Å². The summed E-state index contributed by atoms with van der Waals surface area (Å²) in [5, 5.41) is 10.6. The van der Waals surface area contributed by atoms with Crippen molar-refractivity contribution in [1.29, 1.82) is 0 Å². The van der Waals surface area contributed by atoms with Gasteiger partial charge in [-0.2, -0.15) is 0 Å². The first-order valence-corrected chi connectivity index (χ1v) is 8.56. The quantitative estimate of drug-likeness (QED) is 0.865. The third kappa shape index (κ3) is 2.03. The molecule has 4 nitrogen and oxygen atoms in total. The van der Waals surface area contributed by atoms with Gasteiger partial charge in [-0.15, -0.1) is 0 Å². The molecule has 0 spiro atoms. The molecule has 1 N–H and O–H groups in total. The number of rotatable bonds is 2. The first-order valence-electron chi connectivity index (χ1n) is 7.38. The van der Waals surface area contributed by atoms with Crippen LogP contribution in [-0.4, -0.2) is 44.4 Å². The second-order valence-corrected chi connectivity index (χ2v) is 6.69. The molecule has 0 aliphatic carbocycles. The van der Waals surface area contributed by atoms with Crippen molar-refractivity contribution in [2.75, 3.05) is 19.3 Å². The Kier molecular flexibility index (Phi) is 3.28. The van der Waals surface area contributed by atoms with Crippen molar-refractivity contribution >= 4 is 11.9 Å². The first-order chi connectivity index (χ1) is 10.3. The van der Waals surface area contributed by atoms with Crippen LogP contribution in [0.4, 0.5) is 0 Å². The SMILES string of the molecule is CSN1CCC(C2c3ccccc3-c3cncn32)C(O)C1. The molecule has 1 saturated heterocycles. The van der Waals surface area contributed by atoms with Crippen LogP contribution in [0.5, 0.6) is 0 Å². The minimum atomic E-state index is -0.294. The molecule has 0 saturated carbocycles. The summed E-state index contributed by atoms with van der Waals surface area (Å²) in [4.78, 5) is 4.31. The monoisotopic (exact) mass is 301 g/mol. The second kappa shape index (κ2) is 5.16. The summed E-state index contributed by atoms with van der Waals surface area (Å²) in [6, 6.07) is 8.74. The molecule has 3 unspecified atom stereocenters. The van der Waals surface area contributed by atoms with Crippen molar-refractivity contribution in [2.45, 2.75) is 18.6 Å². The van der Waals surface area contributed by atoms with E-state index in [1.165, 1.54) is 16.8 Å². The van der Waals surface area contributed by atoms with E-state index >= 15 is 0 Å². The van der Waals surface area contributed by atoms with Crippen LogP contribution in [0.2, 0.25) is 0 Å². The number of aromatic nitrogens is 2. The highest BCUT2D eigenvalue weighted by atomic mass is 32.2. The smallest absolute Gasteiger partial charge is 0.0956 e. The lowest BCUT2D eigenvalue weighted by molar-refractivity contribution is 0.0375. The Hall–Kier alpha value is -1.30. The van der Waals surface area contributed by atoms with E-state index in [1.54, 1.807) is 11.9 Å². The van der Waals surface area contributed by atoms with E-state index in [1.807, 2.05) is 12.5 Å². The third-order valence-corrected chi connectivity index (χ3v) is 5.63. The van der Waals surface area contributed by atoms with Gasteiger partial charge < -0.3 is 9.67 Å². The minimum absolute atomic E-state index is 0.220. The van der Waals surface area contributed by atoms with Gasteiger partial charge in [-0.1, -0.05) is 36.2 Å². The van der Waals surface area contributed by atoms with Crippen LogP contribution in [0, 0.1) is 5.92 Å². The van der Waals surface area contributed by atoms with E-state index in [2.05, 4.69) is 44.4 Å². The summed E-state index contributed by atoms with van der Waals surface area (Å²) in [6.07, 6.45) is 6.64. The van der Waals surface area contributed by atoms with Gasteiger partial charge in [0, 0.05) is 24.6 Å². The number of hydrogen-bond acceptors (Lipinski definition) is 4. The molecule has 110 valence electrons. The summed E-state index contributed by atoms with van der Waals surface area (Å²) >= 11 is 1.72. The van der Waals surface area contributed by atoms with Gasteiger partial charge in [0.15, 0.2) is 0 Å². The maximum Gasteiger partial charge on any atom is 0.0956 e. The predicted octanol–water partition coefficient (Wildman–Crippen LogP) is 2.41. The largest absolute Gasteiger partial charge is 0.391 e. The summed E-state index contributed by atoms with van der Waals surface area (Å²) in [5.74, 6) is 0.255. The zero-order valence-corrected chi connectivity index (χ0v) is 12.8. The Morgan fingerprint density at radius 2 is 2.19 bits per heavy atom. The van der Waals surface area contributed by atoms with Gasteiger partial charge in [0.2, 0.25) is 0 Å². The Morgan fingerprint density at radius 1 is 1.33 bits per heavy atom. The molecule has 5 heteroatoms. The van der Waals surface area contributed by atoms with E-state index in [0.29, 0.717) is 0 Å². The number of β-amino-alcohol motifs (C(OH)–C–C–N with tert-alkyl or cyclic N) is 1. The molecule has 0 amide bonds. The maximum absolute atomic E-state index is 10.6. The number of imidazole rings is 1. The number of aliphatic hydroxyl groups is 1.